The molecule has 2 heterocycles. The summed E-state index contributed by atoms with van der Waals surface area (Å²) in [5.74, 6) is -0.127. The van der Waals surface area contributed by atoms with Gasteiger partial charge in [0.2, 0.25) is 5.91 Å². The van der Waals surface area contributed by atoms with Gasteiger partial charge in [-0.15, -0.1) is 0 Å². The third-order valence-electron chi connectivity index (χ3n) is 7.98. The molecule has 2 fully saturated rings. The van der Waals surface area contributed by atoms with Crippen molar-refractivity contribution in [2.45, 2.75) is 50.7 Å². The molecule has 10 heteroatoms. The van der Waals surface area contributed by atoms with Crippen molar-refractivity contribution in [3.05, 3.63) is 79.7 Å². The van der Waals surface area contributed by atoms with Gasteiger partial charge in [0.05, 0.1) is 16.1 Å². The first kappa shape index (κ1) is 30.4. The highest BCUT2D eigenvalue weighted by molar-refractivity contribution is 6.43. The zero-order chi connectivity index (χ0) is 28.9. The third-order valence-corrected chi connectivity index (χ3v) is 9.27. The molecule has 0 radical (unpaired) electrons. The second-order valence-electron chi connectivity index (χ2n) is 10.9. The van der Waals surface area contributed by atoms with E-state index in [-0.39, 0.29) is 23.9 Å². The predicted molar refractivity (Wildman–Crippen MR) is 168 cm³/mol. The molecule has 2 saturated heterocycles. The van der Waals surface area contributed by atoms with E-state index in [1.165, 1.54) is 19.3 Å². The van der Waals surface area contributed by atoms with Crippen molar-refractivity contribution in [3.8, 4) is 0 Å². The number of carbonyl (C=O) groups excluding carboxylic acids is 2. The van der Waals surface area contributed by atoms with Crippen molar-refractivity contribution in [1.82, 2.24) is 20.4 Å². The molecule has 0 aliphatic carbocycles. The summed E-state index contributed by atoms with van der Waals surface area (Å²) in [6.07, 6.45) is 5.03. The lowest BCUT2D eigenvalue weighted by atomic mass is 10.1. The fraction of sp³-hybridized carbons (Fsp3) is 0.419. The number of halogens is 4. The summed E-state index contributed by atoms with van der Waals surface area (Å²) < 4.78 is 0. The monoisotopic (exact) mass is 634 g/mol. The third kappa shape index (κ3) is 7.86. The molecule has 2 aliphatic heterocycles. The van der Waals surface area contributed by atoms with E-state index in [1.807, 2.05) is 35.2 Å². The number of hydrogen-bond donors (Lipinski definition) is 2. The Labute approximate surface area is 261 Å². The number of piperidine rings is 1. The van der Waals surface area contributed by atoms with Crippen LogP contribution in [0.15, 0.2) is 48.5 Å². The Morgan fingerprint density at radius 2 is 1.66 bits per heavy atom. The van der Waals surface area contributed by atoms with Gasteiger partial charge in [-0.05, 0) is 91.5 Å². The molecule has 5 rings (SSSR count). The van der Waals surface area contributed by atoms with Crippen LogP contribution in [0.2, 0.25) is 20.1 Å². The number of likely N-dealkylation sites (tertiary alicyclic amines) is 1. The molecular formula is C31H34Cl4N4O2. The topological polar surface area (TPSA) is 64.7 Å². The first-order valence-electron chi connectivity index (χ1n) is 14.1. The quantitative estimate of drug-likeness (QED) is 0.267. The number of amides is 2. The molecular weight excluding hydrogens is 602 g/mol. The molecule has 2 N–H and O–H groups in total. The Kier molecular flexibility index (Phi) is 10.3. The van der Waals surface area contributed by atoms with E-state index in [1.54, 1.807) is 18.2 Å². The molecule has 41 heavy (non-hydrogen) atoms. The van der Waals surface area contributed by atoms with Gasteiger partial charge in [-0.1, -0.05) is 65.0 Å². The number of rotatable bonds is 8. The SMILES string of the molecule is O=C(NCC1CCN(Cc2cc(Cl)cc(Cl)c2Cl)C(=O)C(CCN2CCCCC2)N1)c1ccc2cc(Cl)ccc2c1. The zero-order valence-corrected chi connectivity index (χ0v) is 25.8. The minimum absolute atomic E-state index is 0.0243. The highest BCUT2D eigenvalue weighted by atomic mass is 35.5. The Bertz CT molecular complexity index is 1410. The summed E-state index contributed by atoms with van der Waals surface area (Å²) in [5.41, 5.74) is 1.30. The minimum Gasteiger partial charge on any atom is -0.350 e. The molecule has 2 aliphatic rings. The molecule has 6 nitrogen and oxygen atoms in total. The molecule has 3 aromatic rings. The minimum atomic E-state index is -0.375. The highest BCUT2D eigenvalue weighted by Gasteiger charge is 2.32. The van der Waals surface area contributed by atoms with Crippen molar-refractivity contribution in [2.24, 2.45) is 0 Å². The summed E-state index contributed by atoms with van der Waals surface area (Å²) in [6.45, 7) is 4.23. The van der Waals surface area contributed by atoms with E-state index in [0.717, 1.165) is 36.0 Å². The lowest BCUT2D eigenvalue weighted by Gasteiger charge is -2.30. The van der Waals surface area contributed by atoms with Crippen LogP contribution in [0, 0.1) is 0 Å². The summed E-state index contributed by atoms with van der Waals surface area (Å²) in [5, 5.41) is 10.5. The molecule has 0 aromatic heterocycles. The first-order chi connectivity index (χ1) is 19.8. The van der Waals surface area contributed by atoms with Crippen LogP contribution in [0.4, 0.5) is 0 Å². The number of hydrogen-bond acceptors (Lipinski definition) is 4. The predicted octanol–water partition coefficient (Wildman–Crippen LogP) is 6.82. The normalized spacial score (nSPS) is 20.3. The summed E-state index contributed by atoms with van der Waals surface area (Å²) in [6, 6.07) is 14.1. The second kappa shape index (κ2) is 13.9. The van der Waals surface area contributed by atoms with Gasteiger partial charge in [0, 0.05) is 47.8 Å². The van der Waals surface area contributed by atoms with Gasteiger partial charge in [0.25, 0.3) is 5.91 Å². The Morgan fingerprint density at radius 3 is 2.46 bits per heavy atom. The van der Waals surface area contributed by atoms with E-state index >= 15 is 0 Å². The van der Waals surface area contributed by atoms with Crippen molar-refractivity contribution in [2.75, 3.05) is 32.7 Å². The Morgan fingerprint density at radius 1 is 0.902 bits per heavy atom. The fourth-order valence-electron chi connectivity index (χ4n) is 5.71. The average molecular weight is 636 g/mol. The van der Waals surface area contributed by atoms with Crippen molar-refractivity contribution in [1.29, 1.82) is 0 Å². The smallest absolute Gasteiger partial charge is 0.251 e. The maximum absolute atomic E-state index is 13.8. The van der Waals surface area contributed by atoms with Gasteiger partial charge in [0.15, 0.2) is 0 Å². The lowest BCUT2D eigenvalue weighted by molar-refractivity contribution is -0.133. The Balaban J connectivity index is 1.28. The summed E-state index contributed by atoms with van der Waals surface area (Å²) in [4.78, 5) is 31.1. The van der Waals surface area contributed by atoms with Crippen LogP contribution in [0.1, 0.15) is 48.0 Å². The first-order valence-corrected chi connectivity index (χ1v) is 15.7. The molecule has 2 unspecified atom stereocenters. The molecule has 3 aromatic carbocycles. The van der Waals surface area contributed by atoms with Crippen molar-refractivity contribution >= 4 is 69.0 Å². The molecule has 2 atom stereocenters. The second-order valence-corrected chi connectivity index (χ2v) is 12.6. The molecule has 0 saturated carbocycles. The van der Waals surface area contributed by atoms with E-state index in [0.29, 0.717) is 58.1 Å². The molecule has 0 spiro atoms. The van der Waals surface area contributed by atoms with Crippen LogP contribution < -0.4 is 10.6 Å². The van der Waals surface area contributed by atoms with Gasteiger partial charge >= 0.3 is 0 Å². The highest BCUT2D eigenvalue weighted by Crippen LogP contribution is 2.31. The van der Waals surface area contributed by atoms with Crippen LogP contribution in [-0.2, 0) is 11.3 Å². The number of fused-ring (bicyclic) bond motifs is 1. The molecule has 218 valence electrons. The van der Waals surface area contributed by atoms with Crippen molar-refractivity contribution < 1.29 is 9.59 Å². The number of carbonyl (C=O) groups is 2. The van der Waals surface area contributed by atoms with Crippen LogP contribution >= 0.6 is 46.4 Å². The van der Waals surface area contributed by atoms with E-state index in [4.69, 9.17) is 46.4 Å². The van der Waals surface area contributed by atoms with Crippen LogP contribution in [0.3, 0.4) is 0 Å². The number of benzene rings is 3. The summed E-state index contributed by atoms with van der Waals surface area (Å²) in [7, 11) is 0. The Hall–Kier alpha value is -2.06. The number of nitrogens with one attached hydrogen (secondary N) is 2. The lowest BCUT2D eigenvalue weighted by Crippen LogP contribution is -2.50. The zero-order valence-electron chi connectivity index (χ0n) is 22.8. The van der Waals surface area contributed by atoms with E-state index in [2.05, 4.69) is 15.5 Å². The maximum Gasteiger partial charge on any atom is 0.251 e. The van der Waals surface area contributed by atoms with Crippen LogP contribution in [-0.4, -0.2) is 66.4 Å². The maximum atomic E-state index is 13.8. The standard InChI is InChI=1S/C31H34Cl4N4O2/c32-24-7-6-20-14-22(5-4-21(20)15-24)30(40)36-18-26-8-13-39(19-23-16-25(33)17-27(34)29(23)35)31(41)28(37-26)9-12-38-10-2-1-3-11-38/h4-7,14-17,26,28,37H,1-3,8-13,18-19H2,(H,36,40). The van der Waals surface area contributed by atoms with E-state index in [9.17, 15) is 9.59 Å². The summed E-state index contributed by atoms with van der Waals surface area (Å²) >= 11 is 25.1. The van der Waals surface area contributed by atoms with Gasteiger partial charge < -0.3 is 20.4 Å². The average Bonchev–Trinajstić information content (AvgIpc) is 3.11. The van der Waals surface area contributed by atoms with Gasteiger partial charge in [-0.3, -0.25) is 9.59 Å². The molecule has 0 bridgehead atoms. The molecule has 2 amide bonds. The van der Waals surface area contributed by atoms with Crippen LogP contribution in [0.5, 0.6) is 0 Å². The van der Waals surface area contributed by atoms with Gasteiger partial charge in [-0.2, -0.15) is 0 Å². The fourth-order valence-corrected chi connectivity index (χ4v) is 6.59. The number of nitrogens with zero attached hydrogens (tertiary/aromatic N) is 2. The largest absolute Gasteiger partial charge is 0.350 e. The van der Waals surface area contributed by atoms with Gasteiger partial charge in [-0.25, -0.2) is 0 Å². The van der Waals surface area contributed by atoms with E-state index < -0.39 is 0 Å². The van der Waals surface area contributed by atoms with Crippen molar-refractivity contribution in [3.63, 3.8) is 0 Å². The van der Waals surface area contributed by atoms with Crippen LogP contribution in [0.25, 0.3) is 10.8 Å². The van der Waals surface area contributed by atoms with Gasteiger partial charge in [0.1, 0.15) is 0 Å².